The molecule has 0 bridgehead atoms. The molecule has 2 aromatic rings. The second-order valence-corrected chi connectivity index (χ2v) is 7.45. The van der Waals surface area contributed by atoms with Crippen LogP contribution in [0.25, 0.3) is 0 Å². The quantitative estimate of drug-likeness (QED) is 0.517. The van der Waals surface area contributed by atoms with Gasteiger partial charge >= 0.3 is 0 Å². The Balaban J connectivity index is 1.86. The van der Waals surface area contributed by atoms with E-state index in [1.807, 2.05) is 63.2 Å². The fourth-order valence-electron chi connectivity index (χ4n) is 3.06. The molecule has 0 heterocycles. The predicted molar refractivity (Wildman–Crippen MR) is 122 cm³/mol. The normalized spacial score (nSPS) is 11.8. The van der Waals surface area contributed by atoms with Gasteiger partial charge in [0.25, 0.3) is 5.91 Å². The van der Waals surface area contributed by atoms with E-state index >= 15 is 0 Å². The van der Waals surface area contributed by atoms with Crippen LogP contribution in [0.3, 0.4) is 0 Å². The number of rotatable bonds is 13. The van der Waals surface area contributed by atoms with Crippen molar-refractivity contribution in [1.82, 2.24) is 5.32 Å². The van der Waals surface area contributed by atoms with Gasteiger partial charge in [0, 0.05) is 13.2 Å². The molecule has 1 amide bonds. The molecule has 0 saturated carbocycles. The van der Waals surface area contributed by atoms with Crippen molar-refractivity contribution >= 4 is 5.91 Å². The standard InChI is InChI=1S/C25H35NO5/c1-6-19-8-11-21(12-9-19)30-17-24(29-7-2)25(27)26-15-14-20-10-13-22(31-18(3)4)23(16-20)28-5/h8-13,16,18,24H,6-7,14-15,17H2,1-5H3,(H,26,27). The van der Waals surface area contributed by atoms with E-state index < -0.39 is 6.10 Å². The number of carbonyl (C=O) groups is 1. The molecule has 0 fully saturated rings. The van der Waals surface area contributed by atoms with E-state index in [0.29, 0.717) is 31.1 Å². The fourth-order valence-corrected chi connectivity index (χ4v) is 3.06. The highest BCUT2D eigenvalue weighted by molar-refractivity contribution is 5.81. The van der Waals surface area contributed by atoms with Crippen molar-refractivity contribution in [3.05, 3.63) is 53.6 Å². The molecule has 0 aliphatic heterocycles. The third-order valence-electron chi connectivity index (χ3n) is 4.70. The van der Waals surface area contributed by atoms with Crippen molar-refractivity contribution in [2.24, 2.45) is 0 Å². The van der Waals surface area contributed by atoms with Crippen molar-refractivity contribution in [3.63, 3.8) is 0 Å². The number of carbonyl (C=O) groups excluding carboxylic acids is 1. The van der Waals surface area contributed by atoms with Crippen LogP contribution in [0.15, 0.2) is 42.5 Å². The number of methoxy groups -OCH3 is 1. The van der Waals surface area contributed by atoms with E-state index in [4.69, 9.17) is 18.9 Å². The van der Waals surface area contributed by atoms with Gasteiger partial charge in [-0.1, -0.05) is 25.1 Å². The smallest absolute Gasteiger partial charge is 0.252 e. The van der Waals surface area contributed by atoms with Gasteiger partial charge < -0.3 is 24.3 Å². The first-order valence-corrected chi connectivity index (χ1v) is 10.9. The van der Waals surface area contributed by atoms with Crippen molar-refractivity contribution < 1.29 is 23.7 Å². The van der Waals surface area contributed by atoms with Crippen LogP contribution < -0.4 is 19.5 Å². The maximum atomic E-state index is 12.6. The highest BCUT2D eigenvalue weighted by Gasteiger charge is 2.19. The van der Waals surface area contributed by atoms with E-state index in [2.05, 4.69) is 12.2 Å². The zero-order valence-corrected chi connectivity index (χ0v) is 19.3. The summed E-state index contributed by atoms with van der Waals surface area (Å²) in [5.41, 5.74) is 2.29. The number of benzene rings is 2. The zero-order valence-electron chi connectivity index (χ0n) is 19.3. The number of hydrogen-bond acceptors (Lipinski definition) is 5. The van der Waals surface area contributed by atoms with Gasteiger partial charge in [-0.15, -0.1) is 0 Å². The summed E-state index contributed by atoms with van der Waals surface area (Å²) in [6.07, 6.45) is 1.06. The average Bonchev–Trinajstić information content (AvgIpc) is 2.77. The van der Waals surface area contributed by atoms with Crippen molar-refractivity contribution in [1.29, 1.82) is 0 Å². The van der Waals surface area contributed by atoms with Gasteiger partial charge in [-0.25, -0.2) is 0 Å². The maximum Gasteiger partial charge on any atom is 0.252 e. The lowest BCUT2D eigenvalue weighted by Gasteiger charge is -2.18. The van der Waals surface area contributed by atoms with Crippen LogP contribution >= 0.6 is 0 Å². The average molecular weight is 430 g/mol. The van der Waals surface area contributed by atoms with Crippen molar-refractivity contribution in [2.75, 3.05) is 26.9 Å². The van der Waals surface area contributed by atoms with Gasteiger partial charge in [0.1, 0.15) is 12.4 Å². The van der Waals surface area contributed by atoms with Crippen LogP contribution in [-0.4, -0.2) is 45.0 Å². The van der Waals surface area contributed by atoms with Crippen LogP contribution in [0, 0.1) is 0 Å². The molecule has 2 aromatic carbocycles. The summed E-state index contributed by atoms with van der Waals surface area (Å²) >= 11 is 0. The van der Waals surface area contributed by atoms with Crippen LogP contribution in [0.4, 0.5) is 0 Å². The lowest BCUT2D eigenvalue weighted by Crippen LogP contribution is -2.41. The van der Waals surface area contributed by atoms with E-state index in [9.17, 15) is 4.79 Å². The molecule has 0 spiro atoms. The summed E-state index contributed by atoms with van der Waals surface area (Å²) in [6, 6.07) is 13.7. The fraction of sp³-hybridized carbons (Fsp3) is 0.480. The summed E-state index contributed by atoms with van der Waals surface area (Å²) in [6.45, 7) is 9.01. The molecule has 6 nitrogen and oxygen atoms in total. The summed E-state index contributed by atoms with van der Waals surface area (Å²) in [5, 5.41) is 2.94. The van der Waals surface area contributed by atoms with Crippen LogP contribution in [0.1, 0.15) is 38.8 Å². The van der Waals surface area contributed by atoms with Gasteiger partial charge in [-0.05, 0) is 69.0 Å². The summed E-state index contributed by atoms with van der Waals surface area (Å²) in [4.78, 5) is 12.6. The zero-order chi connectivity index (χ0) is 22.6. The number of amides is 1. The van der Waals surface area contributed by atoms with E-state index in [0.717, 1.165) is 17.7 Å². The number of hydrogen-bond donors (Lipinski definition) is 1. The molecule has 0 aliphatic carbocycles. The molecule has 1 unspecified atom stereocenters. The molecule has 0 aromatic heterocycles. The van der Waals surface area contributed by atoms with Crippen molar-refractivity contribution in [3.8, 4) is 17.2 Å². The van der Waals surface area contributed by atoms with Crippen LogP contribution in [0.2, 0.25) is 0 Å². The topological polar surface area (TPSA) is 66.0 Å². The molecule has 2 rings (SSSR count). The van der Waals surface area contributed by atoms with E-state index in [1.165, 1.54) is 5.56 Å². The second-order valence-electron chi connectivity index (χ2n) is 7.45. The number of aryl methyl sites for hydroxylation is 1. The van der Waals surface area contributed by atoms with E-state index in [1.54, 1.807) is 7.11 Å². The molecule has 6 heteroatoms. The monoisotopic (exact) mass is 429 g/mol. The molecule has 0 radical (unpaired) electrons. The summed E-state index contributed by atoms with van der Waals surface area (Å²) in [7, 11) is 1.62. The van der Waals surface area contributed by atoms with Crippen LogP contribution in [-0.2, 0) is 22.4 Å². The Bertz CT molecular complexity index is 804. The Labute approximate surface area is 185 Å². The molecule has 0 aliphatic rings. The largest absolute Gasteiger partial charge is 0.493 e. The first kappa shape index (κ1) is 24.5. The minimum Gasteiger partial charge on any atom is -0.493 e. The third-order valence-corrected chi connectivity index (χ3v) is 4.70. The summed E-state index contributed by atoms with van der Waals surface area (Å²) < 4.78 is 22.5. The van der Waals surface area contributed by atoms with Crippen molar-refractivity contribution in [2.45, 2.75) is 52.7 Å². The number of ether oxygens (including phenoxy) is 4. The molecule has 31 heavy (non-hydrogen) atoms. The summed E-state index contributed by atoms with van der Waals surface area (Å²) in [5.74, 6) is 1.95. The van der Waals surface area contributed by atoms with Crippen LogP contribution in [0.5, 0.6) is 17.2 Å². The molecule has 1 N–H and O–H groups in total. The third kappa shape index (κ3) is 8.13. The molecule has 0 saturated heterocycles. The highest BCUT2D eigenvalue weighted by Crippen LogP contribution is 2.29. The Kier molecular flexibility index (Phi) is 10.2. The Morgan fingerprint density at radius 3 is 2.32 bits per heavy atom. The van der Waals surface area contributed by atoms with Gasteiger partial charge in [-0.3, -0.25) is 4.79 Å². The first-order valence-electron chi connectivity index (χ1n) is 10.9. The maximum absolute atomic E-state index is 12.6. The van der Waals surface area contributed by atoms with Gasteiger partial charge in [0.15, 0.2) is 17.6 Å². The minimum atomic E-state index is -0.660. The molecular formula is C25H35NO5. The molecule has 1 atom stereocenters. The van der Waals surface area contributed by atoms with Gasteiger partial charge in [-0.2, -0.15) is 0 Å². The second kappa shape index (κ2) is 12.8. The predicted octanol–water partition coefficient (Wildman–Crippen LogP) is 4.19. The Hall–Kier alpha value is -2.73. The van der Waals surface area contributed by atoms with Gasteiger partial charge in [0.2, 0.25) is 0 Å². The number of nitrogens with one attached hydrogen (secondary N) is 1. The Morgan fingerprint density at radius 2 is 1.71 bits per heavy atom. The first-order chi connectivity index (χ1) is 15.0. The Morgan fingerprint density at radius 1 is 1.00 bits per heavy atom. The molecular weight excluding hydrogens is 394 g/mol. The SMILES string of the molecule is CCOC(COc1ccc(CC)cc1)C(=O)NCCc1ccc(OC(C)C)c(OC)c1. The lowest BCUT2D eigenvalue weighted by molar-refractivity contribution is -0.134. The molecule has 170 valence electrons. The minimum absolute atomic E-state index is 0.0707. The van der Waals surface area contributed by atoms with Gasteiger partial charge in [0.05, 0.1) is 13.2 Å². The lowest BCUT2D eigenvalue weighted by atomic mass is 10.1. The van der Waals surface area contributed by atoms with E-state index in [-0.39, 0.29) is 18.6 Å². The highest BCUT2D eigenvalue weighted by atomic mass is 16.5.